The highest BCUT2D eigenvalue weighted by Gasteiger charge is 2.33. The summed E-state index contributed by atoms with van der Waals surface area (Å²) in [6, 6.07) is 7.40. The molecule has 2 N–H and O–H groups in total. The molecule has 1 fully saturated rings. The van der Waals surface area contributed by atoms with Gasteiger partial charge in [-0.05, 0) is 50.2 Å². The van der Waals surface area contributed by atoms with Crippen molar-refractivity contribution in [2.24, 2.45) is 0 Å². The predicted octanol–water partition coefficient (Wildman–Crippen LogP) is 3.04. The standard InChI is InChI=1S/C19H30N2O3/c1-3-21(4-2)13-14-24-17-9-7-16(8-10-17)20-18(22)15-19(23)11-5-6-12-19/h7-10,23H,3-6,11-15H2,1-2H3,(H,20,22). The lowest BCUT2D eigenvalue weighted by molar-refractivity contribution is -0.120. The Kier molecular flexibility index (Phi) is 7.06. The Balaban J connectivity index is 1.76. The van der Waals surface area contributed by atoms with Crippen LogP contribution >= 0.6 is 0 Å². The van der Waals surface area contributed by atoms with Crippen LogP contribution in [0, 0.1) is 0 Å². The minimum atomic E-state index is -0.808. The number of hydrogen-bond acceptors (Lipinski definition) is 4. The van der Waals surface area contributed by atoms with Gasteiger partial charge in [-0.25, -0.2) is 0 Å². The minimum absolute atomic E-state index is 0.130. The zero-order valence-corrected chi connectivity index (χ0v) is 14.9. The summed E-state index contributed by atoms with van der Waals surface area (Å²) >= 11 is 0. The summed E-state index contributed by atoms with van der Waals surface area (Å²) < 4.78 is 5.73. The number of rotatable bonds is 9. The predicted molar refractivity (Wildman–Crippen MR) is 96.4 cm³/mol. The molecule has 0 heterocycles. The van der Waals surface area contributed by atoms with Crippen LogP contribution in [-0.2, 0) is 4.79 Å². The van der Waals surface area contributed by atoms with Crippen molar-refractivity contribution in [2.45, 2.75) is 51.6 Å². The van der Waals surface area contributed by atoms with Gasteiger partial charge in [0.25, 0.3) is 0 Å². The Labute approximate surface area is 145 Å². The molecule has 5 heteroatoms. The average Bonchev–Trinajstić information content (AvgIpc) is 2.99. The van der Waals surface area contributed by atoms with Gasteiger partial charge in [-0.1, -0.05) is 26.7 Å². The van der Waals surface area contributed by atoms with E-state index in [0.717, 1.165) is 56.8 Å². The molecule has 0 spiro atoms. The molecular formula is C19H30N2O3. The minimum Gasteiger partial charge on any atom is -0.492 e. The molecule has 0 radical (unpaired) electrons. The number of carbonyl (C=O) groups excluding carboxylic acids is 1. The molecule has 1 aromatic carbocycles. The Hall–Kier alpha value is -1.59. The lowest BCUT2D eigenvalue weighted by Gasteiger charge is -2.21. The maximum Gasteiger partial charge on any atom is 0.227 e. The fourth-order valence-corrected chi connectivity index (χ4v) is 3.18. The molecule has 0 aromatic heterocycles. The lowest BCUT2D eigenvalue weighted by Crippen LogP contribution is -2.30. The first-order valence-corrected chi connectivity index (χ1v) is 9.02. The van der Waals surface area contributed by atoms with Crippen molar-refractivity contribution in [2.75, 3.05) is 31.6 Å². The molecule has 1 aliphatic carbocycles. The van der Waals surface area contributed by atoms with Gasteiger partial charge in [-0.3, -0.25) is 4.79 Å². The molecule has 134 valence electrons. The molecular weight excluding hydrogens is 304 g/mol. The SMILES string of the molecule is CCN(CC)CCOc1ccc(NC(=O)CC2(O)CCCC2)cc1. The van der Waals surface area contributed by atoms with Crippen LogP contribution in [0.5, 0.6) is 5.75 Å². The lowest BCUT2D eigenvalue weighted by atomic mass is 9.97. The molecule has 0 aliphatic heterocycles. The maximum absolute atomic E-state index is 12.1. The van der Waals surface area contributed by atoms with Crippen LogP contribution < -0.4 is 10.1 Å². The quantitative estimate of drug-likeness (QED) is 0.729. The van der Waals surface area contributed by atoms with Gasteiger partial charge in [0.2, 0.25) is 5.91 Å². The smallest absolute Gasteiger partial charge is 0.227 e. The van der Waals surface area contributed by atoms with Crippen molar-refractivity contribution >= 4 is 11.6 Å². The van der Waals surface area contributed by atoms with E-state index in [1.165, 1.54) is 0 Å². The van der Waals surface area contributed by atoms with Crippen molar-refractivity contribution in [3.8, 4) is 5.75 Å². The number of hydrogen-bond donors (Lipinski definition) is 2. The third-order valence-electron chi connectivity index (χ3n) is 4.73. The van der Waals surface area contributed by atoms with Crippen LogP contribution in [0.4, 0.5) is 5.69 Å². The van der Waals surface area contributed by atoms with Gasteiger partial charge in [0, 0.05) is 12.2 Å². The van der Waals surface area contributed by atoms with Gasteiger partial charge in [0.15, 0.2) is 0 Å². The second-order valence-electron chi connectivity index (χ2n) is 6.56. The number of aliphatic hydroxyl groups is 1. The van der Waals surface area contributed by atoms with E-state index in [0.29, 0.717) is 6.61 Å². The van der Waals surface area contributed by atoms with Crippen molar-refractivity contribution in [3.05, 3.63) is 24.3 Å². The molecule has 0 bridgehead atoms. The summed E-state index contributed by atoms with van der Waals surface area (Å²) in [4.78, 5) is 14.4. The summed E-state index contributed by atoms with van der Waals surface area (Å²) in [5, 5.41) is 13.1. The third kappa shape index (κ3) is 5.80. The fourth-order valence-electron chi connectivity index (χ4n) is 3.18. The van der Waals surface area contributed by atoms with E-state index in [9.17, 15) is 9.90 Å². The van der Waals surface area contributed by atoms with E-state index < -0.39 is 5.60 Å². The summed E-state index contributed by atoms with van der Waals surface area (Å²) in [7, 11) is 0. The van der Waals surface area contributed by atoms with Crippen molar-refractivity contribution in [1.29, 1.82) is 0 Å². The number of benzene rings is 1. The summed E-state index contributed by atoms with van der Waals surface area (Å²) in [6.45, 7) is 7.89. The molecule has 1 aromatic rings. The molecule has 0 saturated heterocycles. The van der Waals surface area contributed by atoms with E-state index in [1.807, 2.05) is 24.3 Å². The van der Waals surface area contributed by atoms with Crippen molar-refractivity contribution in [3.63, 3.8) is 0 Å². The number of carbonyl (C=O) groups is 1. The Morgan fingerprint density at radius 1 is 1.21 bits per heavy atom. The van der Waals surface area contributed by atoms with Gasteiger partial charge in [0.05, 0.1) is 12.0 Å². The third-order valence-corrected chi connectivity index (χ3v) is 4.73. The van der Waals surface area contributed by atoms with E-state index >= 15 is 0 Å². The number of ether oxygens (including phenoxy) is 1. The largest absolute Gasteiger partial charge is 0.492 e. The summed E-state index contributed by atoms with van der Waals surface area (Å²) in [5.74, 6) is 0.671. The number of amides is 1. The number of likely N-dealkylation sites (N-methyl/N-ethyl adjacent to an activating group) is 1. The number of nitrogens with zero attached hydrogens (tertiary/aromatic N) is 1. The van der Waals surface area contributed by atoms with E-state index in [2.05, 4.69) is 24.1 Å². The van der Waals surface area contributed by atoms with Crippen LogP contribution in [-0.4, -0.2) is 47.8 Å². The monoisotopic (exact) mass is 334 g/mol. The summed E-state index contributed by atoms with van der Waals surface area (Å²) in [5.41, 5.74) is -0.0740. The molecule has 24 heavy (non-hydrogen) atoms. The van der Waals surface area contributed by atoms with Crippen LogP contribution in [0.15, 0.2) is 24.3 Å². The first-order chi connectivity index (χ1) is 11.5. The second kappa shape index (κ2) is 9.04. The van der Waals surface area contributed by atoms with Crippen LogP contribution in [0.3, 0.4) is 0 Å². The normalized spacial score (nSPS) is 16.3. The van der Waals surface area contributed by atoms with E-state index in [4.69, 9.17) is 4.74 Å². The molecule has 2 rings (SSSR count). The van der Waals surface area contributed by atoms with E-state index in [1.54, 1.807) is 0 Å². The van der Waals surface area contributed by atoms with Crippen molar-refractivity contribution < 1.29 is 14.6 Å². The van der Waals surface area contributed by atoms with Crippen LogP contribution in [0.2, 0.25) is 0 Å². The Morgan fingerprint density at radius 2 is 1.83 bits per heavy atom. The summed E-state index contributed by atoms with van der Waals surface area (Å²) in [6.07, 6.45) is 3.63. The molecule has 1 aliphatic rings. The molecule has 5 nitrogen and oxygen atoms in total. The fraction of sp³-hybridized carbons (Fsp3) is 0.632. The number of nitrogens with one attached hydrogen (secondary N) is 1. The van der Waals surface area contributed by atoms with Crippen molar-refractivity contribution in [1.82, 2.24) is 4.90 Å². The Bertz CT molecular complexity index is 506. The number of anilines is 1. The van der Waals surface area contributed by atoms with Gasteiger partial charge in [-0.15, -0.1) is 0 Å². The molecule has 0 unspecified atom stereocenters. The Morgan fingerprint density at radius 3 is 2.42 bits per heavy atom. The highest BCUT2D eigenvalue weighted by atomic mass is 16.5. The highest BCUT2D eigenvalue weighted by Crippen LogP contribution is 2.32. The highest BCUT2D eigenvalue weighted by molar-refractivity contribution is 5.91. The van der Waals surface area contributed by atoms with Gasteiger partial charge < -0.3 is 20.1 Å². The zero-order chi connectivity index (χ0) is 17.4. The van der Waals surface area contributed by atoms with Gasteiger partial charge in [0.1, 0.15) is 12.4 Å². The molecule has 1 saturated carbocycles. The second-order valence-corrected chi connectivity index (χ2v) is 6.56. The van der Waals surface area contributed by atoms with Crippen LogP contribution in [0.1, 0.15) is 46.0 Å². The van der Waals surface area contributed by atoms with E-state index in [-0.39, 0.29) is 12.3 Å². The van der Waals surface area contributed by atoms with Gasteiger partial charge in [-0.2, -0.15) is 0 Å². The van der Waals surface area contributed by atoms with Gasteiger partial charge >= 0.3 is 0 Å². The first kappa shape index (κ1) is 18.7. The molecule has 0 atom stereocenters. The zero-order valence-electron chi connectivity index (χ0n) is 14.9. The molecule has 1 amide bonds. The van der Waals surface area contributed by atoms with Crippen LogP contribution in [0.25, 0.3) is 0 Å². The average molecular weight is 334 g/mol. The first-order valence-electron chi connectivity index (χ1n) is 9.02. The maximum atomic E-state index is 12.1. The topological polar surface area (TPSA) is 61.8 Å².